The topological polar surface area (TPSA) is 86.6 Å². The number of benzene rings is 1. The molecule has 1 aliphatic carbocycles. The number of amides is 1. The molecule has 0 heterocycles. The predicted octanol–water partition coefficient (Wildman–Crippen LogP) is 2.22. The summed E-state index contributed by atoms with van der Waals surface area (Å²) in [5.41, 5.74) is 0.368. The van der Waals surface area contributed by atoms with Crippen molar-refractivity contribution in [1.82, 2.24) is 5.32 Å². The molecule has 0 radical (unpaired) electrons. The van der Waals surface area contributed by atoms with Gasteiger partial charge >= 0.3 is 5.97 Å². The van der Waals surface area contributed by atoms with Crippen LogP contribution < -0.4 is 5.32 Å². The lowest BCUT2D eigenvalue weighted by molar-refractivity contribution is -0.138. The maximum absolute atomic E-state index is 12.3. The van der Waals surface area contributed by atoms with Crippen LogP contribution in [-0.4, -0.2) is 27.6 Å². The molecule has 1 fully saturated rings. The average molecular weight is 277 g/mol. The van der Waals surface area contributed by atoms with Gasteiger partial charge in [-0.05, 0) is 37.5 Å². The first-order chi connectivity index (χ1) is 9.42. The fraction of sp³-hybridized carbons (Fsp3) is 0.467. The third-order valence-electron chi connectivity index (χ3n) is 3.83. The summed E-state index contributed by atoms with van der Waals surface area (Å²) < 4.78 is 0. The zero-order chi connectivity index (χ0) is 14.8. The van der Waals surface area contributed by atoms with E-state index in [1.165, 1.54) is 6.07 Å². The van der Waals surface area contributed by atoms with Crippen molar-refractivity contribution in [2.45, 2.75) is 44.6 Å². The first kappa shape index (κ1) is 14.4. The molecule has 1 amide bonds. The van der Waals surface area contributed by atoms with E-state index in [4.69, 9.17) is 5.11 Å². The molecule has 108 valence electrons. The molecule has 0 saturated heterocycles. The molecule has 0 atom stereocenters. The standard InChI is InChI=1S/C15H19NO4/c1-10-4-5-11(12(17)8-10)14(20)16-15(9-13(18)19)6-2-3-7-15/h4-5,8,17H,2-3,6-7,9H2,1H3,(H,16,20)(H,18,19). The fourth-order valence-electron chi connectivity index (χ4n) is 2.83. The molecule has 0 bridgehead atoms. The van der Waals surface area contributed by atoms with E-state index in [2.05, 4.69) is 5.32 Å². The Morgan fingerprint density at radius 3 is 2.50 bits per heavy atom. The highest BCUT2D eigenvalue weighted by Gasteiger charge is 2.37. The Labute approximate surface area is 117 Å². The van der Waals surface area contributed by atoms with Crippen molar-refractivity contribution in [2.24, 2.45) is 0 Å². The van der Waals surface area contributed by atoms with Crippen molar-refractivity contribution in [2.75, 3.05) is 0 Å². The molecule has 0 spiro atoms. The van der Waals surface area contributed by atoms with Gasteiger partial charge in [0.2, 0.25) is 0 Å². The summed E-state index contributed by atoms with van der Waals surface area (Å²) in [5.74, 6) is -1.41. The number of aromatic hydroxyl groups is 1. The molecule has 0 unspecified atom stereocenters. The number of aliphatic carboxylic acids is 1. The number of carboxylic acids is 1. The molecule has 3 N–H and O–H groups in total. The molecular weight excluding hydrogens is 258 g/mol. The first-order valence-electron chi connectivity index (χ1n) is 6.76. The van der Waals surface area contributed by atoms with Gasteiger partial charge in [0, 0.05) is 0 Å². The average Bonchev–Trinajstić information content (AvgIpc) is 2.75. The maximum Gasteiger partial charge on any atom is 0.305 e. The van der Waals surface area contributed by atoms with Gasteiger partial charge in [-0.2, -0.15) is 0 Å². The number of rotatable bonds is 4. The number of hydrogen-bond donors (Lipinski definition) is 3. The van der Waals surface area contributed by atoms with Crippen LogP contribution in [0.4, 0.5) is 0 Å². The van der Waals surface area contributed by atoms with E-state index in [1.807, 2.05) is 6.92 Å². The fourth-order valence-corrected chi connectivity index (χ4v) is 2.83. The van der Waals surface area contributed by atoms with E-state index >= 15 is 0 Å². The number of phenolic OH excluding ortho intramolecular Hbond substituents is 1. The van der Waals surface area contributed by atoms with Crippen LogP contribution in [0.3, 0.4) is 0 Å². The van der Waals surface area contributed by atoms with Gasteiger partial charge in [0.15, 0.2) is 0 Å². The van der Waals surface area contributed by atoms with Crippen LogP contribution in [0.25, 0.3) is 0 Å². The molecule has 1 saturated carbocycles. The summed E-state index contributed by atoms with van der Waals surface area (Å²) >= 11 is 0. The Morgan fingerprint density at radius 1 is 1.30 bits per heavy atom. The number of phenols is 1. The minimum Gasteiger partial charge on any atom is -0.507 e. The smallest absolute Gasteiger partial charge is 0.305 e. The van der Waals surface area contributed by atoms with Gasteiger partial charge < -0.3 is 15.5 Å². The largest absolute Gasteiger partial charge is 0.507 e. The highest BCUT2D eigenvalue weighted by atomic mass is 16.4. The summed E-state index contributed by atoms with van der Waals surface area (Å²) in [6, 6.07) is 4.82. The van der Waals surface area contributed by atoms with Crippen LogP contribution in [0, 0.1) is 6.92 Å². The van der Waals surface area contributed by atoms with Gasteiger partial charge in [0.25, 0.3) is 5.91 Å². The number of aryl methyl sites for hydroxylation is 1. The van der Waals surface area contributed by atoms with Crippen LogP contribution >= 0.6 is 0 Å². The number of hydrogen-bond acceptors (Lipinski definition) is 3. The van der Waals surface area contributed by atoms with Crippen molar-refractivity contribution in [3.8, 4) is 5.75 Å². The molecule has 1 aromatic carbocycles. The van der Waals surface area contributed by atoms with Crippen molar-refractivity contribution in [1.29, 1.82) is 0 Å². The van der Waals surface area contributed by atoms with Gasteiger partial charge in [-0.25, -0.2) is 0 Å². The second-order valence-electron chi connectivity index (χ2n) is 5.53. The van der Waals surface area contributed by atoms with Crippen molar-refractivity contribution >= 4 is 11.9 Å². The Kier molecular flexibility index (Phi) is 3.97. The Morgan fingerprint density at radius 2 is 1.95 bits per heavy atom. The monoisotopic (exact) mass is 277 g/mol. The van der Waals surface area contributed by atoms with E-state index in [1.54, 1.807) is 12.1 Å². The van der Waals surface area contributed by atoms with Gasteiger partial charge in [0.05, 0.1) is 17.5 Å². The van der Waals surface area contributed by atoms with Gasteiger partial charge in [0.1, 0.15) is 5.75 Å². The van der Waals surface area contributed by atoms with Crippen LogP contribution in [0.15, 0.2) is 18.2 Å². The highest BCUT2D eigenvalue weighted by Crippen LogP contribution is 2.33. The molecule has 0 aliphatic heterocycles. The Hall–Kier alpha value is -2.04. The zero-order valence-corrected chi connectivity index (χ0v) is 11.5. The van der Waals surface area contributed by atoms with Gasteiger partial charge in [-0.3, -0.25) is 9.59 Å². The third kappa shape index (κ3) is 3.10. The lowest BCUT2D eigenvalue weighted by Gasteiger charge is -2.28. The van der Waals surface area contributed by atoms with E-state index in [0.717, 1.165) is 18.4 Å². The number of carbonyl (C=O) groups is 2. The number of nitrogens with one attached hydrogen (secondary N) is 1. The minimum absolute atomic E-state index is 0.0778. The number of carbonyl (C=O) groups excluding carboxylic acids is 1. The van der Waals surface area contributed by atoms with Crippen LogP contribution in [0.5, 0.6) is 5.75 Å². The third-order valence-corrected chi connectivity index (χ3v) is 3.83. The van der Waals surface area contributed by atoms with Crippen molar-refractivity contribution < 1.29 is 19.8 Å². The van der Waals surface area contributed by atoms with Crippen LogP contribution in [0.2, 0.25) is 0 Å². The number of carboxylic acid groups (broad SMARTS) is 1. The Balaban J connectivity index is 2.18. The SMILES string of the molecule is Cc1ccc(C(=O)NC2(CC(=O)O)CCCC2)c(O)c1. The van der Waals surface area contributed by atoms with E-state index in [-0.39, 0.29) is 17.7 Å². The van der Waals surface area contributed by atoms with Gasteiger partial charge in [-0.1, -0.05) is 18.9 Å². The quantitative estimate of drug-likeness (QED) is 0.787. The first-order valence-corrected chi connectivity index (χ1v) is 6.76. The summed E-state index contributed by atoms with van der Waals surface area (Å²) in [4.78, 5) is 23.2. The summed E-state index contributed by atoms with van der Waals surface area (Å²) in [6.07, 6.45) is 3.07. The lowest BCUT2D eigenvalue weighted by atomic mass is 9.92. The van der Waals surface area contributed by atoms with Crippen LogP contribution in [-0.2, 0) is 4.79 Å². The Bertz CT molecular complexity index is 533. The highest BCUT2D eigenvalue weighted by molar-refractivity contribution is 5.97. The molecule has 1 aliphatic rings. The van der Waals surface area contributed by atoms with Gasteiger partial charge in [-0.15, -0.1) is 0 Å². The molecule has 0 aromatic heterocycles. The second-order valence-corrected chi connectivity index (χ2v) is 5.53. The molecular formula is C15H19NO4. The molecule has 2 rings (SSSR count). The molecule has 5 nitrogen and oxygen atoms in total. The minimum atomic E-state index is -0.916. The summed E-state index contributed by atoms with van der Waals surface area (Å²) in [5, 5.41) is 21.7. The lowest BCUT2D eigenvalue weighted by Crippen LogP contribution is -2.47. The van der Waals surface area contributed by atoms with Crippen molar-refractivity contribution in [3.05, 3.63) is 29.3 Å². The normalized spacial score (nSPS) is 16.9. The van der Waals surface area contributed by atoms with E-state index < -0.39 is 17.4 Å². The second kappa shape index (κ2) is 5.53. The van der Waals surface area contributed by atoms with E-state index in [9.17, 15) is 14.7 Å². The van der Waals surface area contributed by atoms with Crippen LogP contribution in [0.1, 0.15) is 48.0 Å². The molecule has 1 aromatic rings. The zero-order valence-electron chi connectivity index (χ0n) is 11.5. The molecule has 5 heteroatoms. The van der Waals surface area contributed by atoms with E-state index in [0.29, 0.717) is 12.8 Å². The van der Waals surface area contributed by atoms with Crippen molar-refractivity contribution in [3.63, 3.8) is 0 Å². The maximum atomic E-state index is 12.3. The molecule has 20 heavy (non-hydrogen) atoms. The summed E-state index contributed by atoms with van der Waals surface area (Å²) in [6.45, 7) is 1.82. The predicted molar refractivity (Wildman–Crippen MR) is 73.8 cm³/mol. The summed E-state index contributed by atoms with van der Waals surface area (Å²) in [7, 11) is 0.